The van der Waals surface area contributed by atoms with Crippen LogP contribution in [0.4, 0.5) is 15.8 Å². The van der Waals surface area contributed by atoms with E-state index in [1.807, 2.05) is 0 Å². The van der Waals surface area contributed by atoms with Gasteiger partial charge >= 0.3 is 0 Å². The Labute approximate surface area is 195 Å². The summed E-state index contributed by atoms with van der Waals surface area (Å²) in [6.07, 6.45) is 3.84. The highest BCUT2D eigenvalue weighted by Gasteiger charge is 2.32. The molecule has 4 rings (SSSR count). The van der Waals surface area contributed by atoms with Gasteiger partial charge in [0.25, 0.3) is 5.69 Å². The standard InChI is InChI=1S/C22H22FN5O5S/c23-18-3-1-2-16(12-18)14-26-15-19(13-24-26)25-22(29)17-8-10-27(11-9-17)34(32,33)21-6-4-20(5-7-21)28(30)31/h1-7,12-13,15,17H,8-11,14H2,(H,25,29). The quantitative estimate of drug-likeness (QED) is 0.403. The highest BCUT2D eigenvalue weighted by molar-refractivity contribution is 7.89. The van der Waals surface area contributed by atoms with Crippen LogP contribution in [0.1, 0.15) is 18.4 Å². The minimum atomic E-state index is -3.80. The van der Waals surface area contributed by atoms with Crippen molar-refractivity contribution in [1.29, 1.82) is 0 Å². The third-order valence-corrected chi connectivity index (χ3v) is 7.56. The zero-order valence-corrected chi connectivity index (χ0v) is 18.8. The SMILES string of the molecule is O=C(Nc1cnn(Cc2cccc(F)c2)c1)C1CCN(S(=O)(=O)c2ccc([N+](=O)[O-])cc2)CC1. The number of sulfonamides is 1. The highest BCUT2D eigenvalue weighted by atomic mass is 32.2. The Hall–Kier alpha value is -3.64. The Kier molecular flexibility index (Phi) is 6.70. The topological polar surface area (TPSA) is 127 Å². The van der Waals surface area contributed by atoms with Gasteiger partial charge in [-0.15, -0.1) is 0 Å². The summed E-state index contributed by atoms with van der Waals surface area (Å²) in [5, 5.41) is 17.8. The second-order valence-electron chi connectivity index (χ2n) is 7.98. The lowest BCUT2D eigenvalue weighted by Gasteiger charge is -2.30. The third-order valence-electron chi connectivity index (χ3n) is 5.64. The van der Waals surface area contributed by atoms with Crippen LogP contribution in [0.3, 0.4) is 0 Å². The van der Waals surface area contributed by atoms with Crippen LogP contribution < -0.4 is 5.32 Å². The predicted octanol–water partition coefficient (Wildman–Crippen LogP) is 3.02. The fourth-order valence-corrected chi connectivity index (χ4v) is 5.30. The molecule has 0 spiro atoms. The van der Waals surface area contributed by atoms with Gasteiger partial charge in [-0.1, -0.05) is 12.1 Å². The van der Waals surface area contributed by atoms with E-state index in [1.165, 1.54) is 34.8 Å². The van der Waals surface area contributed by atoms with Crippen molar-refractivity contribution in [3.05, 3.63) is 82.4 Å². The van der Waals surface area contributed by atoms with E-state index in [2.05, 4.69) is 10.4 Å². The van der Waals surface area contributed by atoms with Gasteiger partial charge in [0.1, 0.15) is 5.82 Å². The van der Waals surface area contributed by atoms with Gasteiger partial charge < -0.3 is 5.32 Å². The van der Waals surface area contributed by atoms with Crippen LogP contribution in [0.2, 0.25) is 0 Å². The van der Waals surface area contributed by atoms with E-state index in [-0.39, 0.29) is 41.3 Å². The van der Waals surface area contributed by atoms with Crippen molar-refractivity contribution in [2.45, 2.75) is 24.3 Å². The molecule has 2 heterocycles. The number of nitro benzene ring substituents is 1. The van der Waals surface area contributed by atoms with Gasteiger partial charge in [-0.05, 0) is 42.7 Å². The summed E-state index contributed by atoms with van der Waals surface area (Å²) >= 11 is 0. The van der Waals surface area contributed by atoms with Gasteiger partial charge in [-0.2, -0.15) is 9.40 Å². The number of benzene rings is 2. The summed E-state index contributed by atoms with van der Waals surface area (Å²) in [5.74, 6) is -0.923. The lowest BCUT2D eigenvalue weighted by Crippen LogP contribution is -2.41. The second-order valence-corrected chi connectivity index (χ2v) is 9.91. The monoisotopic (exact) mass is 487 g/mol. The Balaban J connectivity index is 1.32. The van der Waals surface area contributed by atoms with Crippen molar-refractivity contribution < 1.29 is 22.5 Å². The number of hydrogen-bond acceptors (Lipinski definition) is 6. The molecule has 1 fully saturated rings. The minimum Gasteiger partial charge on any atom is -0.323 e. The van der Waals surface area contributed by atoms with Crippen LogP contribution in [0.25, 0.3) is 0 Å². The first-order valence-corrected chi connectivity index (χ1v) is 12.0. The smallest absolute Gasteiger partial charge is 0.269 e. The number of amides is 1. The van der Waals surface area contributed by atoms with Gasteiger partial charge in [-0.25, -0.2) is 12.8 Å². The van der Waals surface area contributed by atoms with Crippen LogP contribution in [0.15, 0.2) is 65.8 Å². The number of anilines is 1. The van der Waals surface area contributed by atoms with Gasteiger partial charge in [0, 0.05) is 37.3 Å². The first-order valence-electron chi connectivity index (χ1n) is 10.5. The second kappa shape index (κ2) is 9.69. The van der Waals surface area contributed by atoms with E-state index in [0.29, 0.717) is 25.1 Å². The summed E-state index contributed by atoms with van der Waals surface area (Å²) in [4.78, 5) is 22.8. The van der Waals surface area contributed by atoms with Crippen LogP contribution >= 0.6 is 0 Å². The predicted molar refractivity (Wildman–Crippen MR) is 121 cm³/mol. The van der Waals surface area contributed by atoms with E-state index in [4.69, 9.17) is 0 Å². The molecule has 1 amide bonds. The third kappa shape index (κ3) is 5.29. The molecule has 0 radical (unpaired) electrons. The molecule has 178 valence electrons. The number of nitrogens with zero attached hydrogens (tertiary/aromatic N) is 4. The molecular formula is C22H22FN5O5S. The molecule has 1 saturated heterocycles. The summed E-state index contributed by atoms with van der Waals surface area (Å²) in [7, 11) is -3.80. The van der Waals surface area contributed by atoms with Crippen molar-refractivity contribution >= 4 is 27.3 Å². The van der Waals surface area contributed by atoms with E-state index in [9.17, 15) is 27.7 Å². The Morgan fingerprint density at radius 1 is 1.18 bits per heavy atom. The van der Waals surface area contributed by atoms with E-state index < -0.39 is 14.9 Å². The number of non-ortho nitro benzene ring substituents is 1. The van der Waals surface area contributed by atoms with Gasteiger partial charge in [0.05, 0.1) is 28.2 Å². The average molecular weight is 488 g/mol. The molecule has 0 atom stereocenters. The lowest BCUT2D eigenvalue weighted by molar-refractivity contribution is -0.384. The fourth-order valence-electron chi connectivity index (χ4n) is 3.83. The Morgan fingerprint density at radius 3 is 2.53 bits per heavy atom. The molecule has 3 aromatic rings. The summed E-state index contributed by atoms with van der Waals surface area (Å²) < 4.78 is 41.9. The van der Waals surface area contributed by atoms with E-state index in [1.54, 1.807) is 23.0 Å². The first-order chi connectivity index (χ1) is 16.2. The highest BCUT2D eigenvalue weighted by Crippen LogP contribution is 2.26. The van der Waals surface area contributed by atoms with Gasteiger partial charge in [0.2, 0.25) is 15.9 Å². The normalized spacial score (nSPS) is 15.2. The molecule has 1 N–H and O–H groups in total. The van der Waals surface area contributed by atoms with Crippen LogP contribution in [-0.4, -0.2) is 46.4 Å². The lowest BCUT2D eigenvalue weighted by atomic mass is 9.97. The van der Waals surface area contributed by atoms with Crippen molar-refractivity contribution in [3.8, 4) is 0 Å². The molecule has 10 nitrogen and oxygen atoms in total. The number of carbonyl (C=O) groups is 1. The molecule has 0 saturated carbocycles. The molecule has 1 aromatic heterocycles. The number of aromatic nitrogens is 2. The summed E-state index contributed by atoms with van der Waals surface area (Å²) in [5.41, 5.74) is 1.05. The molecule has 12 heteroatoms. The molecule has 0 aliphatic carbocycles. The fraction of sp³-hybridized carbons (Fsp3) is 0.273. The molecular weight excluding hydrogens is 465 g/mol. The van der Waals surface area contributed by atoms with Crippen molar-refractivity contribution in [2.24, 2.45) is 5.92 Å². The zero-order valence-electron chi connectivity index (χ0n) is 18.0. The zero-order chi connectivity index (χ0) is 24.3. The Bertz CT molecular complexity index is 1300. The van der Waals surface area contributed by atoms with E-state index in [0.717, 1.165) is 17.7 Å². The number of hydrogen-bond donors (Lipinski definition) is 1. The molecule has 34 heavy (non-hydrogen) atoms. The van der Waals surface area contributed by atoms with Crippen LogP contribution in [0.5, 0.6) is 0 Å². The van der Waals surface area contributed by atoms with Gasteiger partial charge in [0.15, 0.2) is 0 Å². The summed E-state index contributed by atoms with van der Waals surface area (Å²) in [6, 6.07) is 10.9. The number of carbonyl (C=O) groups excluding carboxylic acids is 1. The van der Waals surface area contributed by atoms with Crippen molar-refractivity contribution in [3.63, 3.8) is 0 Å². The van der Waals surface area contributed by atoms with Gasteiger partial charge in [-0.3, -0.25) is 19.6 Å². The first kappa shape index (κ1) is 23.5. The largest absolute Gasteiger partial charge is 0.323 e. The summed E-state index contributed by atoms with van der Waals surface area (Å²) in [6.45, 7) is 0.680. The maximum Gasteiger partial charge on any atom is 0.269 e. The minimum absolute atomic E-state index is 0.0216. The average Bonchev–Trinajstić information content (AvgIpc) is 3.25. The van der Waals surface area contributed by atoms with Crippen molar-refractivity contribution in [1.82, 2.24) is 14.1 Å². The van der Waals surface area contributed by atoms with E-state index >= 15 is 0 Å². The number of piperidine rings is 1. The maximum absolute atomic E-state index is 13.3. The molecule has 0 bridgehead atoms. The number of halogens is 1. The molecule has 2 aromatic carbocycles. The van der Waals surface area contributed by atoms with Crippen molar-refractivity contribution in [2.75, 3.05) is 18.4 Å². The van der Waals surface area contributed by atoms with Crippen LogP contribution in [-0.2, 0) is 21.4 Å². The number of nitrogens with one attached hydrogen (secondary N) is 1. The molecule has 1 aliphatic rings. The molecule has 0 unspecified atom stereocenters. The number of rotatable bonds is 7. The number of nitro groups is 1. The maximum atomic E-state index is 13.3. The Morgan fingerprint density at radius 2 is 1.88 bits per heavy atom. The molecule has 1 aliphatic heterocycles. The van der Waals surface area contributed by atoms with Crippen LogP contribution in [0, 0.1) is 21.8 Å².